The zero-order valence-electron chi connectivity index (χ0n) is 17.9. The Labute approximate surface area is 191 Å². The number of carbonyl (C=O) groups excluding carboxylic acids is 1. The second-order valence-electron chi connectivity index (χ2n) is 7.86. The van der Waals surface area contributed by atoms with Crippen LogP contribution in [0.1, 0.15) is 29.5 Å². The lowest BCUT2D eigenvalue weighted by Gasteiger charge is -2.09. The monoisotopic (exact) mass is 471 g/mol. The molecule has 3 aromatic rings. The number of benzene rings is 2. The summed E-state index contributed by atoms with van der Waals surface area (Å²) < 4.78 is 29.0. The van der Waals surface area contributed by atoms with Crippen molar-refractivity contribution < 1.29 is 13.2 Å². The summed E-state index contributed by atoms with van der Waals surface area (Å²) in [4.78, 5) is 12.6. The predicted molar refractivity (Wildman–Crippen MR) is 123 cm³/mol. The molecule has 0 saturated heterocycles. The van der Waals surface area contributed by atoms with Crippen molar-refractivity contribution >= 4 is 27.7 Å². The van der Waals surface area contributed by atoms with E-state index in [9.17, 15) is 13.2 Å². The minimum absolute atomic E-state index is 0.0669. The second-order valence-corrected chi connectivity index (χ2v) is 10.5. The van der Waals surface area contributed by atoms with Crippen LogP contribution < -0.4 is 10.0 Å². The minimum Gasteiger partial charge on any atom is -0.351 e. The lowest BCUT2D eigenvalue weighted by atomic mass is 10.1. The molecule has 4 rings (SSSR count). The zero-order chi connectivity index (χ0) is 22.7. The maximum Gasteiger partial charge on any atom is 0.240 e. The summed E-state index contributed by atoms with van der Waals surface area (Å²) in [5.41, 5.74) is 4.16. The molecule has 0 atom stereocenters. The highest BCUT2D eigenvalue weighted by atomic mass is 32.2. The first kappa shape index (κ1) is 22.5. The van der Waals surface area contributed by atoms with Gasteiger partial charge in [0.15, 0.2) is 5.16 Å². The van der Waals surface area contributed by atoms with E-state index in [1.165, 1.54) is 22.9 Å². The van der Waals surface area contributed by atoms with Crippen LogP contribution in [0, 0.1) is 13.8 Å². The van der Waals surface area contributed by atoms with Crippen molar-refractivity contribution in [3.8, 4) is 5.69 Å². The van der Waals surface area contributed by atoms with Crippen molar-refractivity contribution in [3.05, 3.63) is 65.5 Å². The Balaban J connectivity index is 1.30. The third-order valence-corrected chi connectivity index (χ3v) is 7.72. The number of nitrogens with one attached hydrogen (secondary N) is 2. The summed E-state index contributed by atoms with van der Waals surface area (Å²) in [6.07, 6.45) is 3.42. The van der Waals surface area contributed by atoms with E-state index in [-0.39, 0.29) is 22.6 Å². The van der Waals surface area contributed by atoms with E-state index in [4.69, 9.17) is 0 Å². The molecule has 2 aromatic carbocycles. The highest BCUT2D eigenvalue weighted by molar-refractivity contribution is 7.99. The van der Waals surface area contributed by atoms with Gasteiger partial charge in [-0.25, -0.2) is 13.1 Å². The minimum atomic E-state index is -3.47. The molecule has 0 bridgehead atoms. The molecule has 1 heterocycles. The van der Waals surface area contributed by atoms with E-state index in [1.807, 2.05) is 16.7 Å². The van der Waals surface area contributed by atoms with E-state index in [0.717, 1.165) is 24.1 Å². The molecule has 0 aliphatic heterocycles. The van der Waals surface area contributed by atoms with Crippen LogP contribution in [0.25, 0.3) is 5.69 Å². The van der Waals surface area contributed by atoms with Gasteiger partial charge in [-0.1, -0.05) is 30.0 Å². The average molecular weight is 472 g/mol. The van der Waals surface area contributed by atoms with Crippen LogP contribution in [0.5, 0.6) is 0 Å². The Morgan fingerprint density at radius 2 is 1.88 bits per heavy atom. The number of aryl methyl sites for hydroxylation is 2. The van der Waals surface area contributed by atoms with Crippen molar-refractivity contribution in [1.29, 1.82) is 0 Å². The van der Waals surface area contributed by atoms with Crippen LogP contribution >= 0.6 is 11.8 Å². The van der Waals surface area contributed by atoms with Gasteiger partial charge in [-0.3, -0.25) is 9.36 Å². The fourth-order valence-corrected chi connectivity index (χ4v) is 5.10. The maximum absolute atomic E-state index is 12.3. The molecule has 10 heteroatoms. The van der Waals surface area contributed by atoms with Gasteiger partial charge in [0.05, 0.1) is 10.6 Å². The summed E-state index contributed by atoms with van der Waals surface area (Å²) in [6, 6.07) is 12.7. The van der Waals surface area contributed by atoms with Crippen LogP contribution in [-0.4, -0.2) is 40.9 Å². The standard InChI is InChI=1S/C22H25N5O3S2/c1-15-3-8-19(11-16(15)2)27-14-24-25-22(27)31-13-21(28)23-12-17-4-9-20(10-5-17)32(29,30)26-18-6-7-18/h3-5,8-11,14,18,26H,6-7,12-13H2,1-2H3,(H,23,28). The number of hydrogen-bond acceptors (Lipinski definition) is 6. The summed E-state index contributed by atoms with van der Waals surface area (Å²) >= 11 is 1.31. The number of aromatic nitrogens is 3. The third-order valence-electron chi connectivity index (χ3n) is 5.24. The van der Waals surface area contributed by atoms with Gasteiger partial charge in [-0.15, -0.1) is 10.2 Å². The lowest BCUT2D eigenvalue weighted by molar-refractivity contribution is -0.118. The van der Waals surface area contributed by atoms with Gasteiger partial charge in [0.1, 0.15) is 6.33 Å². The van der Waals surface area contributed by atoms with Crippen molar-refractivity contribution in [3.63, 3.8) is 0 Å². The highest BCUT2D eigenvalue weighted by Gasteiger charge is 2.27. The molecule has 1 amide bonds. The lowest BCUT2D eigenvalue weighted by Crippen LogP contribution is -2.26. The van der Waals surface area contributed by atoms with Gasteiger partial charge < -0.3 is 5.32 Å². The van der Waals surface area contributed by atoms with E-state index in [1.54, 1.807) is 30.6 Å². The quantitative estimate of drug-likeness (QED) is 0.465. The van der Waals surface area contributed by atoms with Gasteiger partial charge in [-0.05, 0) is 67.6 Å². The van der Waals surface area contributed by atoms with Gasteiger partial charge >= 0.3 is 0 Å². The van der Waals surface area contributed by atoms with Crippen LogP contribution in [-0.2, 0) is 21.4 Å². The van der Waals surface area contributed by atoms with Crippen molar-refractivity contribution in [2.45, 2.75) is 49.3 Å². The fourth-order valence-electron chi connectivity index (χ4n) is 3.03. The molecule has 1 aliphatic rings. The van der Waals surface area contributed by atoms with Crippen LogP contribution in [0.3, 0.4) is 0 Å². The first-order valence-electron chi connectivity index (χ1n) is 10.3. The molecule has 1 fully saturated rings. The smallest absolute Gasteiger partial charge is 0.240 e. The maximum atomic E-state index is 12.3. The molecule has 32 heavy (non-hydrogen) atoms. The molecule has 0 radical (unpaired) electrons. The molecule has 0 spiro atoms. The molecule has 1 saturated carbocycles. The van der Waals surface area contributed by atoms with Crippen LogP contribution in [0.4, 0.5) is 0 Å². The molecule has 2 N–H and O–H groups in total. The number of sulfonamides is 1. The highest BCUT2D eigenvalue weighted by Crippen LogP contribution is 2.23. The second kappa shape index (κ2) is 9.43. The summed E-state index contributed by atoms with van der Waals surface area (Å²) in [7, 11) is -3.47. The normalized spacial score (nSPS) is 13.8. The van der Waals surface area contributed by atoms with Crippen molar-refractivity contribution in [2.75, 3.05) is 5.75 Å². The Morgan fingerprint density at radius 3 is 2.56 bits per heavy atom. The van der Waals surface area contributed by atoms with Gasteiger partial charge in [0.25, 0.3) is 0 Å². The third kappa shape index (κ3) is 5.56. The Bertz CT molecular complexity index is 1220. The first-order chi connectivity index (χ1) is 15.3. The Morgan fingerprint density at radius 1 is 1.12 bits per heavy atom. The summed E-state index contributed by atoms with van der Waals surface area (Å²) in [6.45, 7) is 4.43. The average Bonchev–Trinajstić information content (AvgIpc) is 3.45. The Hall–Kier alpha value is -2.69. The molecular weight excluding hydrogens is 446 g/mol. The topological polar surface area (TPSA) is 106 Å². The first-order valence-corrected chi connectivity index (χ1v) is 12.8. The van der Waals surface area contributed by atoms with E-state index in [2.05, 4.69) is 40.2 Å². The van der Waals surface area contributed by atoms with E-state index in [0.29, 0.717) is 11.7 Å². The fraction of sp³-hybridized carbons (Fsp3) is 0.318. The molecule has 8 nitrogen and oxygen atoms in total. The molecular formula is C22H25N5O3S2. The van der Waals surface area contributed by atoms with E-state index >= 15 is 0 Å². The number of nitrogens with zero attached hydrogens (tertiary/aromatic N) is 3. The number of thioether (sulfide) groups is 1. The predicted octanol–water partition coefficient (Wildman–Crippen LogP) is 2.73. The Kier molecular flexibility index (Phi) is 6.63. The number of amides is 1. The van der Waals surface area contributed by atoms with Gasteiger partial charge in [0.2, 0.25) is 15.9 Å². The zero-order valence-corrected chi connectivity index (χ0v) is 19.5. The number of rotatable bonds is 9. The summed E-state index contributed by atoms with van der Waals surface area (Å²) in [5.74, 6) is 0.0538. The molecule has 1 aliphatic carbocycles. The van der Waals surface area contributed by atoms with Crippen molar-refractivity contribution in [2.24, 2.45) is 0 Å². The van der Waals surface area contributed by atoms with Crippen molar-refractivity contribution in [1.82, 2.24) is 24.8 Å². The number of hydrogen-bond donors (Lipinski definition) is 2. The largest absolute Gasteiger partial charge is 0.351 e. The summed E-state index contributed by atoms with van der Waals surface area (Å²) in [5, 5.41) is 11.6. The van der Waals surface area contributed by atoms with Crippen LogP contribution in [0.15, 0.2) is 58.8 Å². The molecule has 168 valence electrons. The SMILES string of the molecule is Cc1ccc(-n2cnnc2SCC(=O)NCc2ccc(S(=O)(=O)NC3CC3)cc2)cc1C. The van der Waals surface area contributed by atoms with Crippen LogP contribution in [0.2, 0.25) is 0 Å². The van der Waals surface area contributed by atoms with E-state index < -0.39 is 10.0 Å². The molecule has 0 unspecified atom stereocenters. The molecule has 1 aromatic heterocycles. The van der Waals surface area contributed by atoms with Gasteiger partial charge in [0, 0.05) is 18.3 Å². The number of carbonyl (C=O) groups is 1. The van der Waals surface area contributed by atoms with Gasteiger partial charge in [-0.2, -0.15) is 0 Å².